The fourth-order valence-corrected chi connectivity index (χ4v) is 4.85. The molecule has 1 saturated heterocycles. The molecule has 4 rings (SSSR count). The quantitative estimate of drug-likeness (QED) is 0.384. The van der Waals surface area contributed by atoms with E-state index in [9.17, 15) is 9.18 Å². The van der Waals surface area contributed by atoms with Crippen molar-refractivity contribution in [2.45, 2.75) is 44.8 Å². The van der Waals surface area contributed by atoms with Crippen molar-refractivity contribution in [1.29, 1.82) is 0 Å². The molecule has 0 saturated carbocycles. The van der Waals surface area contributed by atoms with Crippen molar-refractivity contribution in [2.24, 2.45) is 0 Å². The summed E-state index contributed by atoms with van der Waals surface area (Å²) < 4.78 is 15.5. The average Bonchev–Trinajstić information content (AvgIpc) is 3.15. The number of thioether (sulfide) groups is 1. The van der Waals surface area contributed by atoms with Gasteiger partial charge in [-0.1, -0.05) is 41.9 Å². The molecule has 0 bridgehead atoms. The molecule has 1 aromatic heterocycles. The maximum Gasteiger partial charge on any atom is 0.196 e. The maximum atomic E-state index is 13.5. The maximum absolute atomic E-state index is 13.5. The third-order valence-electron chi connectivity index (χ3n) is 5.61. The summed E-state index contributed by atoms with van der Waals surface area (Å²) >= 11 is 1.37. The lowest BCUT2D eigenvalue weighted by Gasteiger charge is -2.26. The predicted molar refractivity (Wildman–Crippen MR) is 121 cm³/mol. The van der Waals surface area contributed by atoms with Gasteiger partial charge in [0.15, 0.2) is 16.8 Å². The largest absolute Gasteiger partial charge is 0.296 e. The number of rotatable bonds is 7. The Morgan fingerprint density at radius 3 is 2.48 bits per heavy atom. The predicted octanol–water partition coefficient (Wildman–Crippen LogP) is 4.98. The van der Waals surface area contributed by atoms with Crippen LogP contribution < -0.4 is 0 Å². The highest BCUT2D eigenvalue weighted by Gasteiger charge is 2.20. The molecule has 0 amide bonds. The van der Waals surface area contributed by atoms with Crippen LogP contribution in [0.5, 0.6) is 0 Å². The van der Waals surface area contributed by atoms with E-state index in [0.29, 0.717) is 11.7 Å². The molecule has 0 radical (unpaired) electrons. The minimum absolute atomic E-state index is 0.0636. The number of Topliss-reactive ketones (excluding diaryl/α,β-unsaturated/α-hetero) is 1. The summed E-state index contributed by atoms with van der Waals surface area (Å²) in [5.74, 6) is 0.866. The van der Waals surface area contributed by atoms with Gasteiger partial charge in [0.2, 0.25) is 0 Å². The zero-order valence-electron chi connectivity index (χ0n) is 18.0. The summed E-state index contributed by atoms with van der Waals surface area (Å²) in [4.78, 5) is 15.2. The number of aryl methyl sites for hydroxylation is 2. The molecule has 0 N–H and O–H groups in total. The van der Waals surface area contributed by atoms with Crippen molar-refractivity contribution >= 4 is 17.5 Å². The Bertz CT molecular complexity index is 1060. The van der Waals surface area contributed by atoms with Gasteiger partial charge in [-0.15, -0.1) is 10.2 Å². The molecule has 2 heterocycles. The van der Waals surface area contributed by atoms with Crippen LogP contribution in [0.2, 0.25) is 0 Å². The second-order valence-corrected chi connectivity index (χ2v) is 9.02. The lowest BCUT2D eigenvalue weighted by atomic mass is 10.0. The Morgan fingerprint density at radius 1 is 1.03 bits per heavy atom. The average molecular weight is 439 g/mol. The molecule has 1 aliphatic heterocycles. The van der Waals surface area contributed by atoms with Crippen LogP contribution in [0.3, 0.4) is 0 Å². The lowest BCUT2D eigenvalue weighted by Crippen LogP contribution is -2.30. The van der Waals surface area contributed by atoms with Gasteiger partial charge in [-0.05, 0) is 69.6 Å². The Balaban J connectivity index is 1.57. The number of hydrogen-bond donors (Lipinski definition) is 0. The van der Waals surface area contributed by atoms with Crippen molar-refractivity contribution < 1.29 is 9.18 Å². The Kier molecular flexibility index (Phi) is 6.83. The van der Waals surface area contributed by atoms with E-state index in [2.05, 4.69) is 15.1 Å². The molecule has 3 aromatic rings. The monoisotopic (exact) mass is 438 g/mol. The van der Waals surface area contributed by atoms with Crippen molar-refractivity contribution in [2.75, 3.05) is 18.8 Å². The summed E-state index contributed by atoms with van der Waals surface area (Å²) in [6, 6.07) is 12.2. The number of likely N-dealkylation sites (tertiary alicyclic amines) is 1. The Hall–Kier alpha value is -2.51. The standard InChI is InChI=1S/C24H27FN4OS/c1-17-6-11-21(18(2)14-17)22(30)16-31-24-27-26-23(15-28-12-4-3-5-13-28)29(24)20-9-7-19(25)8-10-20/h6-11,14H,3-5,12-13,15-16H2,1-2H3. The van der Waals surface area contributed by atoms with E-state index in [1.165, 1.54) is 43.2 Å². The van der Waals surface area contributed by atoms with E-state index in [0.717, 1.165) is 41.3 Å². The van der Waals surface area contributed by atoms with E-state index >= 15 is 0 Å². The first kappa shape index (κ1) is 21.7. The van der Waals surface area contributed by atoms with Crippen LogP contribution in [-0.4, -0.2) is 44.3 Å². The molecular formula is C24H27FN4OS. The van der Waals surface area contributed by atoms with Crippen LogP contribution in [0, 0.1) is 19.7 Å². The number of benzene rings is 2. The van der Waals surface area contributed by atoms with Crippen LogP contribution >= 0.6 is 11.8 Å². The van der Waals surface area contributed by atoms with E-state index in [1.54, 1.807) is 12.1 Å². The first-order chi connectivity index (χ1) is 15.0. The number of hydrogen-bond acceptors (Lipinski definition) is 5. The number of aromatic nitrogens is 3. The highest BCUT2D eigenvalue weighted by Crippen LogP contribution is 2.25. The molecule has 0 atom stereocenters. The number of ketones is 1. The fourth-order valence-electron chi connectivity index (χ4n) is 4.00. The lowest BCUT2D eigenvalue weighted by molar-refractivity contribution is 0.102. The molecule has 0 aliphatic carbocycles. The van der Waals surface area contributed by atoms with Crippen LogP contribution in [0.15, 0.2) is 47.6 Å². The first-order valence-electron chi connectivity index (χ1n) is 10.7. The molecule has 1 aliphatic rings. The highest BCUT2D eigenvalue weighted by molar-refractivity contribution is 7.99. The smallest absolute Gasteiger partial charge is 0.196 e. The van der Waals surface area contributed by atoms with Gasteiger partial charge < -0.3 is 0 Å². The minimum Gasteiger partial charge on any atom is -0.296 e. The van der Waals surface area contributed by atoms with E-state index in [-0.39, 0.29) is 17.4 Å². The van der Waals surface area contributed by atoms with Crippen molar-refractivity contribution in [3.05, 3.63) is 70.8 Å². The third-order valence-corrected chi connectivity index (χ3v) is 6.54. The van der Waals surface area contributed by atoms with Crippen LogP contribution in [-0.2, 0) is 6.54 Å². The van der Waals surface area contributed by atoms with E-state index < -0.39 is 0 Å². The number of halogens is 1. The highest BCUT2D eigenvalue weighted by atomic mass is 32.2. The van der Waals surface area contributed by atoms with Gasteiger partial charge in [0.25, 0.3) is 0 Å². The summed E-state index contributed by atoms with van der Waals surface area (Å²) in [6.07, 6.45) is 3.65. The number of piperidine rings is 1. The summed E-state index contributed by atoms with van der Waals surface area (Å²) in [5, 5.41) is 9.47. The number of carbonyl (C=O) groups excluding carboxylic acids is 1. The van der Waals surface area contributed by atoms with E-state index in [1.807, 2.05) is 36.6 Å². The van der Waals surface area contributed by atoms with Gasteiger partial charge >= 0.3 is 0 Å². The molecule has 0 unspecified atom stereocenters. The third kappa shape index (κ3) is 5.22. The van der Waals surface area contributed by atoms with Crippen molar-refractivity contribution in [3.8, 4) is 5.69 Å². The zero-order chi connectivity index (χ0) is 21.8. The summed E-state index contributed by atoms with van der Waals surface area (Å²) in [5.41, 5.74) is 3.66. The van der Waals surface area contributed by atoms with Gasteiger partial charge in [-0.25, -0.2) is 4.39 Å². The van der Waals surface area contributed by atoms with Gasteiger partial charge in [-0.3, -0.25) is 14.3 Å². The van der Waals surface area contributed by atoms with Crippen LogP contribution in [0.4, 0.5) is 4.39 Å². The second-order valence-electron chi connectivity index (χ2n) is 8.08. The fraction of sp³-hybridized carbons (Fsp3) is 0.375. The zero-order valence-corrected chi connectivity index (χ0v) is 18.8. The number of nitrogens with zero attached hydrogens (tertiary/aromatic N) is 4. The van der Waals surface area contributed by atoms with Gasteiger partial charge in [0.1, 0.15) is 5.82 Å². The van der Waals surface area contributed by atoms with Gasteiger partial charge in [0.05, 0.1) is 12.3 Å². The Labute approximate surface area is 186 Å². The molecule has 31 heavy (non-hydrogen) atoms. The Morgan fingerprint density at radius 2 is 1.77 bits per heavy atom. The number of carbonyl (C=O) groups is 1. The SMILES string of the molecule is Cc1ccc(C(=O)CSc2nnc(CN3CCCCC3)n2-c2ccc(F)cc2)c(C)c1. The first-order valence-corrected chi connectivity index (χ1v) is 11.7. The molecule has 0 spiro atoms. The van der Waals surface area contributed by atoms with Crippen molar-refractivity contribution in [3.63, 3.8) is 0 Å². The molecule has 162 valence electrons. The van der Waals surface area contributed by atoms with E-state index in [4.69, 9.17) is 0 Å². The topological polar surface area (TPSA) is 51.0 Å². The molecule has 2 aromatic carbocycles. The molecular weight excluding hydrogens is 411 g/mol. The van der Waals surface area contributed by atoms with Crippen LogP contribution in [0.25, 0.3) is 5.69 Å². The minimum atomic E-state index is -0.284. The van der Waals surface area contributed by atoms with Gasteiger partial charge in [-0.2, -0.15) is 0 Å². The molecule has 5 nitrogen and oxygen atoms in total. The van der Waals surface area contributed by atoms with Crippen molar-refractivity contribution in [1.82, 2.24) is 19.7 Å². The molecule has 1 fully saturated rings. The summed E-state index contributed by atoms with van der Waals surface area (Å²) in [6.45, 7) is 6.76. The normalized spacial score (nSPS) is 14.7. The molecule has 7 heteroatoms. The summed E-state index contributed by atoms with van der Waals surface area (Å²) in [7, 11) is 0. The second kappa shape index (κ2) is 9.75. The van der Waals surface area contributed by atoms with Gasteiger partial charge in [0, 0.05) is 11.3 Å². The van der Waals surface area contributed by atoms with Crippen LogP contribution in [0.1, 0.15) is 46.6 Å².